The van der Waals surface area contributed by atoms with Gasteiger partial charge in [-0.3, -0.25) is 4.79 Å². The third kappa shape index (κ3) is 6.59. The highest BCUT2D eigenvalue weighted by atomic mass is 32.2. The lowest BCUT2D eigenvalue weighted by atomic mass is 10.1. The number of hydrogen-bond acceptors (Lipinski definition) is 4. The molecule has 0 amide bonds. The van der Waals surface area contributed by atoms with E-state index in [-0.39, 0.29) is 23.4 Å². The van der Waals surface area contributed by atoms with E-state index in [1.165, 1.54) is 28.6 Å². The van der Waals surface area contributed by atoms with Crippen molar-refractivity contribution in [2.45, 2.75) is 56.3 Å². The molecule has 0 spiro atoms. The average Bonchev–Trinajstić information content (AvgIpc) is 2.72. The normalized spacial score (nSPS) is 20.2. The standard InChI is InChI=1S/C24H28F4N2O4S/c1-16-14-29(10-4-6-18-8-9-21(22(25)12-18)24(26,27)28)15-17(2)30(16)35(33,34)20-7-3-5-19(11-20)13-23(31)32/h3,5,7-9,11-12,16-17H,4,6,10,13-15H2,1-2H3,(H,31,32)/t16-,17?/m0/s1. The molecule has 35 heavy (non-hydrogen) atoms. The van der Waals surface area contributed by atoms with E-state index in [1.54, 1.807) is 19.9 Å². The number of alkyl halides is 3. The molecule has 0 aliphatic carbocycles. The molecule has 0 radical (unpaired) electrons. The Bertz CT molecular complexity index is 1160. The number of nitrogens with zero attached hydrogens (tertiary/aromatic N) is 2. The van der Waals surface area contributed by atoms with Gasteiger partial charge in [-0.05, 0) is 68.6 Å². The van der Waals surface area contributed by atoms with Gasteiger partial charge in [-0.25, -0.2) is 12.8 Å². The van der Waals surface area contributed by atoms with Gasteiger partial charge in [0, 0.05) is 25.2 Å². The van der Waals surface area contributed by atoms with Crippen LogP contribution in [-0.4, -0.2) is 60.4 Å². The van der Waals surface area contributed by atoms with Gasteiger partial charge in [-0.2, -0.15) is 17.5 Å². The molecule has 192 valence electrons. The lowest BCUT2D eigenvalue weighted by molar-refractivity contribution is -0.140. The summed E-state index contributed by atoms with van der Waals surface area (Å²) in [5, 5.41) is 8.99. The molecule has 0 saturated carbocycles. The Morgan fingerprint density at radius 2 is 1.71 bits per heavy atom. The van der Waals surface area contributed by atoms with Crippen LogP contribution < -0.4 is 0 Å². The predicted octanol–water partition coefficient (Wildman–Crippen LogP) is 4.19. The summed E-state index contributed by atoms with van der Waals surface area (Å²) in [7, 11) is -3.85. The van der Waals surface area contributed by atoms with Gasteiger partial charge in [0.1, 0.15) is 5.82 Å². The van der Waals surface area contributed by atoms with E-state index in [1.807, 2.05) is 0 Å². The van der Waals surface area contributed by atoms with Crippen LogP contribution in [0.25, 0.3) is 0 Å². The number of aliphatic carboxylic acids is 1. The van der Waals surface area contributed by atoms with Crippen molar-refractivity contribution in [3.63, 3.8) is 0 Å². The maximum absolute atomic E-state index is 13.8. The van der Waals surface area contributed by atoms with Gasteiger partial charge < -0.3 is 10.0 Å². The van der Waals surface area contributed by atoms with Crippen LogP contribution in [0.4, 0.5) is 17.6 Å². The molecule has 3 rings (SSSR count). The van der Waals surface area contributed by atoms with Crippen molar-refractivity contribution in [2.75, 3.05) is 19.6 Å². The SMILES string of the molecule is CC1CN(CCCc2ccc(C(F)(F)F)c(F)c2)C[C@H](C)N1S(=O)(=O)c1cccc(CC(=O)O)c1. The second-order valence-electron chi connectivity index (χ2n) is 8.93. The number of carboxylic acid groups (broad SMARTS) is 1. The summed E-state index contributed by atoms with van der Waals surface area (Å²) >= 11 is 0. The highest BCUT2D eigenvalue weighted by Gasteiger charge is 2.38. The van der Waals surface area contributed by atoms with E-state index < -0.39 is 33.5 Å². The maximum Gasteiger partial charge on any atom is 0.419 e. The van der Waals surface area contributed by atoms with Crippen molar-refractivity contribution in [2.24, 2.45) is 0 Å². The third-order valence-corrected chi connectivity index (χ3v) is 8.15. The van der Waals surface area contributed by atoms with Crippen LogP contribution in [0, 0.1) is 5.82 Å². The molecule has 1 saturated heterocycles. The fourth-order valence-corrected chi connectivity index (χ4v) is 6.51. The number of benzene rings is 2. The molecular weight excluding hydrogens is 488 g/mol. The third-order valence-electron chi connectivity index (χ3n) is 6.02. The van der Waals surface area contributed by atoms with E-state index in [0.717, 1.165) is 12.1 Å². The van der Waals surface area contributed by atoms with Gasteiger partial charge >= 0.3 is 12.1 Å². The summed E-state index contributed by atoms with van der Waals surface area (Å²) in [5.41, 5.74) is -0.411. The minimum absolute atomic E-state index is 0.0488. The number of carboxylic acids is 1. The quantitative estimate of drug-likeness (QED) is 0.533. The molecule has 0 aromatic heterocycles. The number of rotatable bonds is 8. The van der Waals surface area contributed by atoms with Gasteiger partial charge in [-0.15, -0.1) is 0 Å². The second-order valence-corrected chi connectivity index (χ2v) is 10.8. The monoisotopic (exact) mass is 516 g/mol. The van der Waals surface area contributed by atoms with Gasteiger partial charge in [0.2, 0.25) is 10.0 Å². The summed E-state index contributed by atoms with van der Waals surface area (Å²) in [5.74, 6) is -2.34. The summed E-state index contributed by atoms with van der Waals surface area (Å²) < 4.78 is 80.1. The first-order valence-electron chi connectivity index (χ1n) is 11.2. The van der Waals surface area contributed by atoms with Crippen molar-refractivity contribution >= 4 is 16.0 Å². The topological polar surface area (TPSA) is 77.9 Å². The zero-order valence-corrected chi connectivity index (χ0v) is 20.2. The number of halogens is 4. The van der Waals surface area contributed by atoms with Gasteiger partial charge in [0.25, 0.3) is 0 Å². The summed E-state index contributed by atoms with van der Waals surface area (Å²) in [6.45, 7) is 5.10. The molecule has 0 bridgehead atoms. The number of hydrogen-bond donors (Lipinski definition) is 1. The van der Waals surface area contributed by atoms with Crippen molar-refractivity contribution in [3.05, 3.63) is 65.0 Å². The van der Waals surface area contributed by atoms with E-state index in [4.69, 9.17) is 5.11 Å². The number of aryl methyl sites for hydroxylation is 1. The van der Waals surface area contributed by atoms with Crippen molar-refractivity contribution < 1.29 is 35.9 Å². The first kappa shape index (κ1) is 27.1. The molecule has 1 N–H and O–H groups in total. The summed E-state index contributed by atoms with van der Waals surface area (Å²) in [4.78, 5) is 13.1. The highest BCUT2D eigenvalue weighted by Crippen LogP contribution is 2.32. The minimum atomic E-state index is -4.73. The molecule has 1 fully saturated rings. The van der Waals surface area contributed by atoms with Gasteiger partial charge in [0.05, 0.1) is 16.9 Å². The Hall–Kier alpha value is -2.50. The Kier molecular flexibility index (Phi) is 8.23. The van der Waals surface area contributed by atoms with E-state index in [9.17, 15) is 30.8 Å². The van der Waals surface area contributed by atoms with Crippen LogP contribution in [0.5, 0.6) is 0 Å². The molecule has 2 atom stereocenters. The molecule has 1 heterocycles. The first-order chi connectivity index (χ1) is 16.3. The number of carbonyl (C=O) groups is 1. The Morgan fingerprint density at radius 1 is 1.06 bits per heavy atom. The van der Waals surface area contributed by atoms with E-state index >= 15 is 0 Å². The molecule has 1 aliphatic heterocycles. The zero-order chi connectivity index (χ0) is 26.0. The lowest BCUT2D eigenvalue weighted by Crippen LogP contribution is -2.58. The van der Waals surface area contributed by atoms with Crippen LogP contribution >= 0.6 is 0 Å². The molecular formula is C24H28F4N2O4S. The van der Waals surface area contributed by atoms with Crippen molar-refractivity contribution in [3.8, 4) is 0 Å². The van der Waals surface area contributed by atoms with Gasteiger partial charge in [-0.1, -0.05) is 18.2 Å². The average molecular weight is 517 g/mol. The van der Waals surface area contributed by atoms with E-state index in [0.29, 0.717) is 43.6 Å². The maximum atomic E-state index is 13.8. The smallest absolute Gasteiger partial charge is 0.419 e. The summed E-state index contributed by atoms with van der Waals surface area (Å²) in [6, 6.07) is 8.18. The second kappa shape index (κ2) is 10.6. The number of sulfonamides is 1. The Labute approximate surface area is 202 Å². The molecule has 1 unspecified atom stereocenters. The van der Waals surface area contributed by atoms with Crippen LogP contribution in [0.2, 0.25) is 0 Å². The molecule has 11 heteroatoms. The van der Waals surface area contributed by atoms with Crippen molar-refractivity contribution in [1.29, 1.82) is 0 Å². The molecule has 2 aromatic carbocycles. The first-order valence-corrected chi connectivity index (χ1v) is 12.7. The summed E-state index contributed by atoms with van der Waals surface area (Å²) in [6.07, 6.45) is -4.03. The van der Waals surface area contributed by atoms with Crippen LogP contribution in [-0.2, 0) is 33.8 Å². The number of piperazine rings is 1. The lowest BCUT2D eigenvalue weighted by Gasteiger charge is -2.43. The minimum Gasteiger partial charge on any atom is -0.481 e. The molecule has 2 aromatic rings. The Morgan fingerprint density at radius 3 is 2.29 bits per heavy atom. The van der Waals surface area contributed by atoms with Crippen molar-refractivity contribution in [1.82, 2.24) is 9.21 Å². The largest absolute Gasteiger partial charge is 0.481 e. The van der Waals surface area contributed by atoms with Crippen LogP contribution in [0.15, 0.2) is 47.4 Å². The van der Waals surface area contributed by atoms with Gasteiger partial charge in [0.15, 0.2) is 0 Å². The van der Waals surface area contributed by atoms with E-state index in [2.05, 4.69) is 4.90 Å². The molecule has 1 aliphatic rings. The highest BCUT2D eigenvalue weighted by molar-refractivity contribution is 7.89. The van der Waals surface area contributed by atoms with Crippen LogP contribution in [0.1, 0.15) is 37.0 Å². The predicted molar refractivity (Wildman–Crippen MR) is 122 cm³/mol. The van der Waals surface area contributed by atoms with Crippen LogP contribution in [0.3, 0.4) is 0 Å². The Balaban J connectivity index is 1.62. The fourth-order valence-electron chi connectivity index (χ4n) is 4.64. The molecule has 6 nitrogen and oxygen atoms in total. The zero-order valence-electron chi connectivity index (χ0n) is 19.4. The fraction of sp³-hybridized carbons (Fsp3) is 0.458.